The first-order valence-electron chi connectivity index (χ1n) is 9.35. The molecule has 1 aliphatic carbocycles. The average Bonchev–Trinajstić information content (AvgIpc) is 3.27. The minimum Gasteiger partial charge on any atom is -0.381 e. The lowest BCUT2D eigenvalue weighted by molar-refractivity contribution is -0.119. The number of aromatic nitrogens is 1. The number of carbonyl (C=O) groups is 1. The van der Waals surface area contributed by atoms with Crippen molar-refractivity contribution in [3.8, 4) is 11.3 Å². The van der Waals surface area contributed by atoms with E-state index < -0.39 is 6.04 Å². The number of rotatable bonds is 4. The Balaban J connectivity index is 1.48. The molecule has 138 valence electrons. The monoisotopic (exact) mass is 371 g/mol. The van der Waals surface area contributed by atoms with Crippen molar-refractivity contribution in [3.63, 3.8) is 0 Å². The van der Waals surface area contributed by atoms with Gasteiger partial charge in [0, 0.05) is 23.7 Å². The van der Waals surface area contributed by atoms with Crippen molar-refractivity contribution < 1.29 is 9.53 Å². The number of fused-ring (bicyclic) bond motifs is 1. The number of nitrogens with zero attached hydrogens (tertiary/aromatic N) is 1. The van der Waals surface area contributed by atoms with E-state index in [2.05, 4.69) is 28.5 Å². The van der Waals surface area contributed by atoms with Gasteiger partial charge in [-0.1, -0.05) is 12.1 Å². The first-order chi connectivity index (χ1) is 12.6. The highest BCUT2D eigenvalue weighted by atomic mass is 32.1. The fourth-order valence-electron chi connectivity index (χ4n) is 3.91. The Kier molecular flexibility index (Phi) is 5.07. The first kappa shape index (κ1) is 17.6. The maximum Gasteiger partial charge on any atom is 0.243 e. The Morgan fingerprint density at radius 3 is 2.88 bits per heavy atom. The summed E-state index contributed by atoms with van der Waals surface area (Å²) in [6.45, 7) is 3.42. The number of carbonyl (C=O) groups excluding carboxylic acids is 1. The summed E-state index contributed by atoms with van der Waals surface area (Å²) in [7, 11) is 0. The van der Waals surface area contributed by atoms with E-state index in [1.807, 2.05) is 6.92 Å². The summed E-state index contributed by atoms with van der Waals surface area (Å²) in [6.07, 6.45) is 5.24. The van der Waals surface area contributed by atoms with Crippen LogP contribution in [-0.2, 0) is 22.4 Å². The molecule has 0 radical (unpaired) electrons. The molecule has 1 aromatic heterocycles. The molecule has 1 atom stereocenters. The Hall–Kier alpha value is -1.76. The number of aryl methyl sites for hydroxylation is 3. The predicted molar refractivity (Wildman–Crippen MR) is 104 cm³/mol. The Morgan fingerprint density at radius 2 is 2.08 bits per heavy atom. The second kappa shape index (κ2) is 7.47. The van der Waals surface area contributed by atoms with Gasteiger partial charge in [0.15, 0.2) is 5.13 Å². The van der Waals surface area contributed by atoms with Crippen molar-refractivity contribution in [1.82, 2.24) is 4.98 Å². The number of nitrogens with two attached hydrogens (primary N) is 1. The molecule has 1 aromatic carbocycles. The number of thiazole rings is 1. The van der Waals surface area contributed by atoms with Gasteiger partial charge in [-0.15, -0.1) is 11.3 Å². The van der Waals surface area contributed by atoms with Gasteiger partial charge in [-0.25, -0.2) is 4.98 Å². The summed E-state index contributed by atoms with van der Waals surface area (Å²) in [6, 6.07) is 6.11. The Bertz CT molecular complexity index is 811. The van der Waals surface area contributed by atoms with Gasteiger partial charge < -0.3 is 15.8 Å². The molecule has 26 heavy (non-hydrogen) atoms. The molecule has 1 saturated heterocycles. The van der Waals surface area contributed by atoms with Crippen molar-refractivity contribution in [2.75, 3.05) is 18.5 Å². The molecule has 1 unspecified atom stereocenters. The number of nitrogens with one attached hydrogen (secondary N) is 1. The Morgan fingerprint density at radius 1 is 1.31 bits per heavy atom. The summed E-state index contributed by atoms with van der Waals surface area (Å²) in [4.78, 5) is 18.3. The van der Waals surface area contributed by atoms with E-state index in [0.29, 0.717) is 18.3 Å². The van der Waals surface area contributed by atoms with Crippen LogP contribution < -0.4 is 11.1 Å². The zero-order valence-corrected chi connectivity index (χ0v) is 15.9. The molecule has 3 N–H and O–H groups in total. The van der Waals surface area contributed by atoms with Crippen LogP contribution in [0.3, 0.4) is 0 Å². The molecule has 2 aromatic rings. The SMILES string of the molecule is Cc1sc(NC(=O)C(N)C2CCOCC2)nc1-c1ccc2c(c1)CCC2. The summed E-state index contributed by atoms with van der Waals surface area (Å²) < 4.78 is 5.35. The van der Waals surface area contributed by atoms with Crippen molar-refractivity contribution in [2.45, 2.75) is 45.1 Å². The van der Waals surface area contributed by atoms with Gasteiger partial charge >= 0.3 is 0 Å². The van der Waals surface area contributed by atoms with Crippen LogP contribution in [-0.4, -0.2) is 30.1 Å². The largest absolute Gasteiger partial charge is 0.381 e. The van der Waals surface area contributed by atoms with Gasteiger partial charge in [-0.3, -0.25) is 4.79 Å². The van der Waals surface area contributed by atoms with Crippen LogP contribution in [0.4, 0.5) is 5.13 Å². The lowest BCUT2D eigenvalue weighted by atomic mass is 9.92. The molecular formula is C20H25N3O2S. The molecule has 2 aliphatic rings. The third-order valence-electron chi connectivity index (χ3n) is 5.48. The lowest BCUT2D eigenvalue weighted by Crippen LogP contribution is -2.43. The second-order valence-corrected chi connectivity index (χ2v) is 8.43. The fourth-order valence-corrected chi connectivity index (χ4v) is 4.75. The molecule has 2 heterocycles. The van der Waals surface area contributed by atoms with Gasteiger partial charge in [-0.2, -0.15) is 0 Å². The number of benzene rings is 1. The predicted octanol–water partition coefficient (Wildman–Crippen LogP) is 3.30. The molecule has 6 heteroatoms. The summed E-state index contributed by atoms with van der Waals surface area (Å²) in [5.41, 5.74) is 11.1. The van der Waals surface area contributed by atoms with Crippen molar-refractivity contribution in [2.24, 2.45) is 11.7 Å². The maximum absolute atomic E-state index is 12.5. The van der Waals surface area contributed by atoms with E-state index in [4.69, 9.17) is 10.5 Å². The zero-order chi connectivity index (χ0) is 18.1. The van der Waals surface area contributed by atoms with E-state index in [1.165, 1.54) is 35.3 Å². The minimum atomic E-state index is -0.508. The van der Waals surface area contributed by atoms with Crippen LogP contribution in [0.15, 0.2) is 18.2 Å². The second-order valence-electron chi connectivity index (χ2n) is 7.23. The van der Waals surface area contributed by atoms with Gasteiger partial charge in [0.2, 0.25) is 5.91 Å². The van der Waals surface area contributed by atoms with Crippen LogP contribution in [0, 0.1) is 12.8 Å². The van der Waals surface area contributed by atoms with Gasteiger partial charge in [0.25, 0.3) is 0 Å². The average molecular weight is 372 g/mol. The van der Waals surface area contributed by atoms with Crippen molar-refractivity contribution in [1.29, 1.82) is 0 Å². The highest BCUT2D eigenvalue weighted by Gasteiger charge is 2.27. The van der Waals surface area contributed by atoms with Crippen LogP contribution in [0.25, 0.3) is 11.3 Å². The zero-order valence-electron chi connectivity index (χ0n) is 15.1. The highest BCUT2D eigenvalue weighted by Crippen LogP contribution is 2.33. The smallest absolute Gasteiger partial charge is 0.243 e. The topological polar surface area (TPSA) is 77.2 Å². The standard InChI is InChI=1S/C20H25N3O2S/c1-12-18(16-6-5-13-3-2-4-15(13)11-16)22-20(26-12)23-19(24)17(21)14-7-9-25-10-8-14/h5-6,11,14,17H,2-4,7-10,21H2,1H3,(H,22,23,24). The summed E-state index contributed by atoms with van der Waals surface area (Å²) in [5.74, 6) is 0.0344. The molecule has 5 nitrogen and oxygen atoms in total. The molecule has 4 rings (SSSR count). The molecule has 1 fully saturated rings. The summed E-state index contributed by atoms with van der Waals surface area (Å²) in [5, 5.41) is 3.56. The molecule has 0 bridgehead atoms. The normalized spacial score (nSPS) is 18.5. The van der Waals surface area contributed by atoms with E-state index >= 15 is 0 Å². The van der Waals surface area contributed by atoms with Crippen LogP contribution >= 0.6 is 11.3 Å². The van der Waals surface area contributed by atoms with E-state index in [1.54, 1.807) is 0 Å². The van der Waals surface area contributed by atoms with Crippen molar-refractivity contribution >= 4 is 22.4 Å². The van der Waals surface area contributed by atoms with E-state index in [0.717, 1.165) is 35.4 Å². The number of hydrogen-bond donors (Lipinski definition) is 2. The number of ether oxygens (including phenoxy) is 1. The molecular weight excluding hydrogens is 346 g/mol. The maximum atomic E-state index is 12.5. The highest BCUT2D eigenvalue weighted by molar-refractivity contribution is 7.16. The van der Waals surface area contributed by atoms with Gasteiger partial charge in [0.05, 0.1) is 11.7 Å². The molecule has 1 amide bonds. The minimum absolute atomic E-state index is 0.147. The Labute approximate surface area is 158 Å². The quantitative estimate of drug-likeness (QED) is 0.864. The molecule has 0 spiro atoms. The summed E-state index contributed by atoms with van der Waals surface area (Å²) >= 11 is 1.51. The van der Waals surface area contributed by atoms with E-state index in [-0.39, 0.29) is 11.8 Å². The molecule has 0 saturated carbocycles. The third kappa shape index (κ3) is 3.54. The van der Waals surface area contributed by atoms with Gasteiger partial charge in [-0.05, 0) is 62.1 Å². The third-order valence-corrected chi connectivity index (χ3v) is 6.36. The van der Waals surface area contributed by atoms with Crippen LogP contribution in [0.2, 0.25) is 0 Å². The fraction of sp³-hybridized carbons (Fsp3) is 0.500. The van der Waals surface area contributed by atoms with Crippen molar-refractivity contribution in [3.05, 3.63) is 34.2 Å². The number of hydrogen-bond acceptors (Lipinski definition) is 5. The number of anilines is 1. The number of amides is 1. The van der Waals surface area contributed by atoms with E-state index in [9.17, 15) is 4.79 Å². The molecule has 1 aliphatic heterocycles. The first-order valence-corrected chi connectivity index (χ1v) is 10.2. The van der Waals surface area contributed by atoms with Crippen LogP contribution in [0.5, 0.6) is 0 Å². The van der Waals surface area contributed by atoms with Crippen LogP contribution in [0.1, 0.15) is 35.3 Å². The lowest BCUT2D eigenvalue weighted by Gasteiger charge is -2.26. The van der Waals surface area contributed by atoms with Gasteiger partial charge in [0.1, 0.15) is 0 Å².